The summed E-state index contributed by atoms with van der Waals surface area (Å²) in [6.45, 7) is -1.04. The number of aliphatic hydroxyl groups is 2. The molecular weight excluding hydrogens is 1140 g/mol. The maximum absolute atomic E-state index is 12.7. The van der Waals surface area contributed by atoms with Gasteiger partial charge in [0.1, 0.15) is 10.1 Å². The zero-order valence-corrected chi connectivity index (χ0v) is 57.0. The molecule has 3 atom stereocenters. The van der Waals surface area contributed by atoms with Crippen LogP contribution in [0, 0.1) is 0 Å². The first kappa shape index (κ1) is 76.3. The van der Waals surface area contributed by atoms with Crippen molar-refractivity contribution in [2.75, 3.05) is 57.4 Å². The SMILES string of the molecule is O=C([O-])CC(Nc1nc(Nc2ccc(/C=C/c3ccc(Nc4nc(NC(CC(=O)[O-])C(=O)[O-])nc(N(CCO)c5ccccc5)n4)cc3S(=O)(=O)[O-])c(S(=O)[O-])c2)nc(N(CCO)c2ccccc2)n1)C(=O)[O-].[Na+].[Na+].[Na+].[Na+].[Na+].[Na+]. The third-order valence-electron chi connectivity index (χ3n) is 9.86. The standard InChI is InChI=1S/C44H44N12O15S2.6Na/c57-19-17-55(29-7-3-1-4-8-29)43-51-39(49-41(53-43)47-31(37(63)64)23-35(59)60)45-27-15-13-25(33(21-27)72(67)68)11-12-26-14-16-28(22-34(26)73(69,70)71)46-40-50-42(48-32(38(65)66)24-36(61)62)54-44(52-40)56(18-20-58)30-9-5-2-6-10-30;;;;;;/h1-16,21-22,31-32,57-58H,17-20,23-24H2,(H,59,60)(H,61,62)(H,63,64)(H,65,66)(H,67,68)(H,69,70,71)(H2,45,47,49,51,53)(H2,46,48,50,52,54);;;;;;/q;6*+1/p-6/b12-11+;;;;;;. The molecule has 35 heteroatoms. The smallest absolute Gasteiger partial charge is 0.768 e. The predicted octanol–water partition coefficient (Wildman–Crippen LogP) is -20.5. The summed E-state index contributed by atoms with van der Waals surface area (Å²) in [7, 11) is -5.30. The van der Waals surface area contributed by atoms with Gasteiger partial charge in [0, 0.05) is 65.5 Å². The van der Waals surface area contributed by atoms with Crippen LogP contribution in [0.15, 0.2) is 107 Å². The molecule has 27 nitrogen and oxygen atoms in total. The van der Waals surface area contributed by atoms with Gasteiger partial charge in [0.15, 0.2) is 0 Å². The van der Waals surface area contributed by atoms with Gasteiger partial charge in [0.05, 0.1) is 42.1 Å². The van der Waals surface area contributed by atoms with Gasteiger partial charge in [0.2, 0.25) is 35.7 Å². The van der Waals surface area contributed by atoms with Crippen LogP contribution >= 0.6 is 0 Å². The molecule has 0 saturated heterocycles. The quantitative estimate of drug-likeness (QED) is 0.0127. The van der Waals surface area contributed by atoms with Crippen LogP contribution < -0.4 is 229 Å². The Morgan fingerprint density at radius 1 is 0.570 bits per heavy atom. The van der Waals surface area contributed by atoms with E-state index in [9.17, 15) is 71.5 Å². The van der Waals surface area contributed by atoms with E-state index in [0.29, 0.717) is 11.4 Å². The van der Waals surface area contributed by atoms with Crippen molar-refractivity contribution in [3.8, 4) is 0 Å². The Morgan fingerprint density at radius 2 is 0.949 bits per heavy atom. The Morgan fingerprint density at radius 3 is 1.32 bits per heavy atom. The third kappa shape index (κ3) is 23.1. The summed E-state index contributed by atoms with van der Waals surface area (Å²) >= 11 is -2.99. The van der Waals surface area contributed by atoms with Crippen LogP contribution in [0.1, 0.15) is 24.0 Å². The molecule has 0 bridgehead atoms. The summed E-state index contributed by atoms with van der Waals surface area (Å²) in [5, 5.41) is 76.1. The number of aliphatic hydroxyl groups excluding tert-OH is 2. The van der Waals surface area contributed by atoms with Crippen molar-refractivity contribution in [1.29, 1.82) is 0 Å². The van der Waals surface area contributed by atoms with Crippen molar-refractivity contribution >= 4 is 116 Å². The summed E-state index contributed by atoms with van der Waals surface area (Å²) in [6.07, 6.45) is 0.218. The van der Waals surface area contributed by atoms with E-state index in [1.54, 1.807) is 60.7 Å². The fourth-order valence-corrected chi connectivity index (χ4v) is 7.89. The Balaban J connectivity index is 0.0000101. The van der Waals surface area contributed by atoms with E-state index in [1.807, 2.05) is 0 Å². The van der Waals surface area contributed by atoms with E-state index >= 15 is 0 Å². The summed E-state index contributed by atoms with van der Waals surface area (Å²) < 4.78 is 63.3. The van der Waals surface area contributed by atoms with Crippen LogP contribution in [0.3, 0.4) is 0 Å². The Hall–Kier alpha value is -2.74. The van der Waals surface area contributed by atoms with Crippen LogP contribution in [0.25, 0.3) is 12.2 Å². The molecule has 6 aromatic rings. The number of benzene rings is 4. The zero-order valence-electron chi connectivity index (χ0n) is 43.4. The van der Waals surface area contributed by atoms with Crippen molar-refractivity contribution < 1.29 is 249 Å². The molecule has 0 radical (unpaired) electrons. The Bertz CT molecular complexity index is 3170. The predicted molar refractivity (Wildman–Crippen MR) is 248 cm³/mol. The minimum atomic E-state index is -5.30. The number of hydrogen-bond donors (Lipinski definition) is 6. The number of carboxylic acid groups (broad SMARTS) is 4. The van der Waals surface area contributed by atoms with E-state index < -0.39 is 100 Å². The molecule has 0 saturated carbocycles. The molecule has 2 heterocycles. The number of aliphatic carboxylic acids is 4. The van der Waals surface area contributed by atoms with Gasteiger partial charge in [-0.15, -0.1) is 0 Å². The van der Waals surface area contributed by atoms with E-state index in [2.05, 4.69) is 51.2 Å². The summed E-state index contributed by atoms with van der Waals surface area (Å²) in [6, 6.07) is 20.0. The van der Waals surface area contributed by atoms with Gasteiger partial charge in [-0.2, -0.15) is 29.9 Å². The van der Waals surface area contributed by atoms with E-state index in [4.69, 9.17) is 0 Å². The molecule has 6 N–H and O–H groups in total. The van der Waals surface area contributed by atoms with Crippen LogP contribution in [0.4, 0.5) is 58.4 Å². The molecule has 0 fully saturated rings. The van der Waals surface area contributed by atoms with Gasteiger partial charge >= 0.3 is 177 Å². The zero-order chi connectivity index (χ0) is 52.8. The van der Waals surface area contributed by atoms with Crippen molar-refractivity contribution in [2.24, 2.45) is 0 Å². The van der Waals surface area contributed by atoms with Crippen LogP contribution in [0.5, 0.6) is 0 Å². The first-order valence-electron chi connectivity index (χ1n) is 21.1. The Kier molecular flexibility index (Phi) is 35.5. The second kappa shape index (κ2) is 36.8. The van der Waals surface area contributed by atoms with Gasteiger partial charge in [-0.3, -0.25) is 4.21 Å². The summed E-state index contributed by atoms with van der Waals surface area (Å²) in [5.74, 6) is -9.22. The van der Waals surface area contributed by atoms with Crippen LogP contribution in [-0.4, -0.2) is 124 Å². The second-order valence-corrected chi connectivity index (χ2v) is 17.2. The molecular formula is C44H38N12Na6O15S2. The van der Waals surface area contributed by atoms with E-state index in [1.165, 1.54) is 40.1 Å². The number of anilines is 10. The number of carboxylic acids is 4. The fraction of sp³-hybridized carbons (Fsp3) is 0.182. The molecule has 79 heavy (non-hydrogen) atoms. The average Bonchev–Trinajstić information content (AvgIpc) is 3.34. The van der Waals surface area contributed by atoms with E-state index in [0.717, 1.165) is 18.2 Å². The molecule has 2 aromatic heterocycles. The van der Waals surface area contributed by atoms with E-state index in [-0.39, 0.29) is 242 Å². The third-order valence-corrected chi connectivity index (χ3v) is 11.5. The summed E-state index contributed by atoms with van der Waals surface area (Å²) in [5.41, 5.74) is 0.573. The van der Waals surface area contributed by atoms with Gasteiger partial charge in [-0.05, 0) is 70.7 Å². The Labute approximate surface area is 586 Å². The number of hydrogen-bond acceptors (Lipinski definition) is 27. The monoisotopic (exact) mass is 1180 g/mol. The molecule has 382 valence electrons. The number of nitrogens with one attached hydrogen (secondary N) is 4. The fourth-order valence-electron chi connectivity index (χ4n) is 6.65. The number of para-hydroxylation sites is 2. The number of aromatic nitrogens is 6. The minimum Gasteiger partial charge on any atom is -0.768 e. The normalized spacial score (nSPS) is 11.6. The minimum absolute atomic E-state index is 0. The first-order valence-corrected chi connectivity index (χ1v) is 23.6. The van der Waals surface area contributed by atoms with Gasteiger partial charge < -0.3 is 90.0 Å². The molecule has 6 rings (SSSR count). The van der Waals surface area contributed by atoms with Crippen LogP contribution in [-0.2, 0) is 40.4 Å². The number of nitrogens with zero attached hydrogens (tertiary/aromatic N) is 8. The number of carbonyl (C=O) groups excluding carboxylic acids is 4. The van der Waals surface area contributed by atoms with Crippen molar-refractivity contribution in [2.45, 2.75) is 34.7 Å². The van der Waals surface area contributed by atoms with Gasteiger partial charge in [-0.25, -0.2) is 8.42 Å². The maximum atomic E-state index is 12.7. The number of carbonyl (C=O) groups is 4. The molecule has 0 spiro atoms. The van der Waals surface area contributed by atoms with Gasteiger partial charge in [0.25, 0.3) is 0 Å². The van der Waals surface area contributed by atoms with Gasteiger partial charge in [-0.1, -0.05) is 60.7 Å². The topological polar surface area (TPSA) is 430 Å². The molecule has 0 aliphatic rings. The number of rotatable bonds is 26. The van der Waals surface area contributed by atoms with Crippen LogP contribution in [0.2, 0.25) is 0 Å². The van der Waals surface area contributed by atoms with Crippen molar-refractivity contribution in [3.05, 3.63) is 108 Å². The molecule has 4 aromatic carbocycles. The average molecular weight is 1180 g/mol. The van der Waals surface area contributed by atoms with Crippen molar-refractivity contribution in [3.63, 3.8) is 0 Å². The van der Waals surface area contributed by atoms with Crippen molar-refractivity contribution in [1.82, 2.24) is 29.9 Å². The molecule has 0 aliphatic heterocycles. The molecule has 0 amide bonds. The molecule has 3 unspecified atom stereocenters. The largest absolute Gasteiger partial charge is 1.00 e. The maximum Gasteiger partial charge on any atom is 1.00 e. The molecule has 0 aliphatic carbocycles. The first-order chi connectivity index (χ1) is 34.8. The summed E-state index contributed by atoms with van der Waals surface area (Å²) in [4.78, 5) is 73.1. The second-order valence-electron chi connectivity index (χ2n) is 14.9.